The third kappa shape index (κ3) is 2.88. The van der Waals surface area contributed by atoms with Crippen molar-refractivity contribution in [3.8, 4) is 0 Å². The average Bonchev–Trinajstić information content (AvgIpc) is 2.27. The first kappa shape index (κ1) is 12.2. The van der Waals surface area contributed by atoms with Crippen molar-refractivity contribution in [1.82, 2.24) is 0 Å². The van der Waals surface area contributed by atoms with E-state index in [4.69, 9.17) is 5.73 Å². The van der Waals surface area contributed by atoms with Crippen molar-refractivity contribution < 1.29 is 4.39 Å². The average molecular weight is 342 g/mol. The van der Waals surface area contributed by atoms with Crippen molar-refractivity contribution in [2.75, 3.05) is 11.1 Å². The van der Waals surface area contributed by atoms with Gasteiger partial charge in [0.25, 0.3) is 0 Å². The zero-order valence-electron chi connectivity index (χ0n) is 9.30. The van der Waals surface area contributed by atoms with Crippen molar-refractivity contribution in [1.29, 1.82) is 0 Å². The van der Waals surface area contributed by atoms with Gasteiger partial charge in [0.2, 0.25) is 0 Å². The lowest BCUT2D eigenvalue weighted by Crippen LogP contribution is -1.95. The molecular weight excluding hydrogens is 330 g/mol. The highest BCUT2D eigenvalue weighted by Crippen LogP contribution is 2.25. The minimum Gasteiger partial charge on any atom is -0.399 e. The highest BCUT2D eigenvalue weighted by Gasteiger charge is 2.03. The van der Waals surface area contributed by atoms with Crippen molar-refractivity contribution in [2.24, 2.45) is 0 Å². The van der Waals surface area contributed by atoms with Crippen molar-refractivity contribution in [2.45, 2.75) is 6.92 Å². The fourth-order valence-electron chi connectivity index (χ4n) is 1.46. The lowest BCUT2D eigenvalue weighted by atomic mass is 10.2. The Morgan fingerprint density at radius 1 is 1.18 bits per heavy atom. The van der Waals surface area contributed by atoms with Gasteiger partial charge in [-0.15, -0.1) is 0 Å². The van der Waals surface area contributed by atoms with Crippen LogP contribution in [0.25, 0.3) is 0 Å². The third-order valence-electron chi connectivity index (χ3n) is 2.44. The standard InChI is InChI=1S/C13H12FIN2/c1-8-2-4-10(7-11(8)14)17-13-5-3-9(16)6-12(13)15/h2-7,17H,16H2,1H3. The summed E-state index contributed by atoms with van der Waals surface area (Å²) in [6.45, 7) is 1.74. The number of aryl methyl sites for hydroxylation is 1. The Balaban J connectivity index is 2.28. The van der Waals surface area contributed by atoms with Gasteiger partial charge in [0.05, 0.1) is 5.69 Å². The molecule has 0 fully saturated rings. The van der Waals surface area contributed by atoms with Crippen LogP contribution in [0, 0.1) is 16.3 Å². The van der Waals surface area contributed by atoms with Crippen molar-refractivity contribution in [3.63, 3.8) is 0 Å². The Bertz CT molecular complexity index is 555. The molecule has 2 aromatic rings. The van der Waals surface area contributed by atoms with E-state index in [9.17, 15) is 4.39 Å². The second-order valence-corrected chi connectivity index (χ2v) is 4.99. The predicted octanol–water partition coefficient (Wildman–Crippen LogP) is 4.06. The highest BCUT2D eigenvalue weighted by atomic mass is 127. The molecule has 0 bridgehead atoms. The lowest BCUT2D eigenvalue weighted by molar-refractivity contribution is 0.619. The van der Waals surface area contributed by atoms with Gasteiger partial charge in [-0.1, -0.05) is 6.07 Å². The van der Waals surface area contributed by atoms with E-state index in [1.165, 1.54) is 6.07 Å². The van der Waals surface area contributed by atoms with E-state index in [0.717, 1.165) is 20.6 Å². The summed E-state index contributed by atoms with van der Waals surface area (Å²) in [5.41, 5.74) is 8.68. The van der Waals surface area contributed by atoms with E-state index in [1.54, 1.807) is 13.0 Å². The predicted molar refractivity (Wildman–Crippen MR) is 78.0 cm³/mol. The zero-order chi connectivity index (χ0) is 12.4. The van der Waals surface area contributed by atoms with Gasteiger partial charge in [-0.05, 0) is 65.4 Å². The molecule has 0 unspecified atom stereocenters. The minimum atomic E-state index is -0.208. The van der Waals surface area contributed by atoms with Crippen molar-refractivity contribution in [3.05, 3.63) is 51.3 Å². The second-order valence-electron chi connectivity index (χ2n) is 3.83. The van der Waals surface area contributed by atoms with Crippen LogP contribution in [0.15, 0.2) is 36.4 Å². The van der Waals surface area contributed by atoms with Crippen LogP contribution in [-0.2, 0) is 0 Å². The van der Waals surface area contributed by atoms with Crippen molar-refractivity contribution >= 4 is 39.7 Å². The van der Waals surface area contributed by atoms with Gasteiger partial charge in [-0.25, -0.2) is 4.39 Å². The molecule has 0 saturated carbocycles. The van der Waals surface area contributed by atoms with Gasteiger partial charge in [0.15, 0.2) is 0 Å². The molecular formula is C13H12FIN2. The van der Waals surface area contributed by atoms with E-state index >= 15 is 0 Å². The molecule has 0 atom stereocenters. The van der Waals surface area contributed by atoms with Gasteiger partial charge in [0.1, 0.15) is 5.82 Å². The molecule has 0 aliphatic heterocycles. The molecule has 2 aromatic carbocycles. The summed E-state index contributed by atoms with van der Waals surface area (Å²) in [5.74, 6) is -0.208. The van der Waals surface area contributed by atoms with E-state index in [-0.39, 0.29) is 5.82 Å². The number of nitrogens with one attached hydrogen (secondary N) is 1. The van der Waals surface area contributed by atoms with Gasteiger partial charge in [0, 0.05) is 14.9 Å². The summed E-state index contributed by atoms with van der Waals surface area (Å²) in [5, 5.41) is 3.16. The number of nitrogens with two attached hydrogens (primary N) is 1. The second kappa shape index (κ2) is 4.91. The van der Waals surface area contributed by atoms with Crippen LogP contribution in [0.2, 0.25) is 0 Å². The number of hydrogen-bond donors (Lipinski definition) is 2. The number of rotatable bonds is 2. The Labute approximate surface area is 113 Å². The van der Waals surface area contributed by atoms with Crippen LogP contribution in [0.3, 0.4) is 0 Å². The molecule has 3 N–H and O–H groups in total. The maximum absolute atomic E-state index is 13.4. The molecule has 0 saturated heterocycles. The molecule has 0 amide bonds. The summed E-state index contributed by atoms with van der Waals surface area (Å²) in [7, 11) is 0. The zero-order valence-corrected chi connectivity index (χ0v) is 11.5. The van der Waals surface area contributed by atoms with Gasteiger partial charge >= 0.3 is 0 Å². The summed E-state index contributed by atoms with van der Waals surface area (Å²) in [4.78, 5) is 0. The van der Waals surface area contributed by atoms with E-state index in [1.807, 2.05) is 24.3 Å². The van der Waals surface area contributed by atoms with Crippen LogP contribution < -0.4 is 11.1 Å². The summed E-state index contributed by atoms with van der Waals surface area (Å²) in [6, 6.07) is 10.7. The summed E-state index contributed by atoms with van der Waals surface area (Å²) in [6.07, 6.45) is 0. The third-order valence-corrected chi connectivity index (χ3v) is 3.34. The topological polar surface area (TPSA) is 38.0 Å². The van der Waals surface area contributed by atoms with E-state index in [2.05, 4.69) is 27.9 Å². The quantitative estimate of drug-likeness (QED) is 0.638. The first-order valence-corrected chi connectivity index (χ1v) is 6.22. The largest absolute Gasteiger partial charge is 0.399 e. The molecule has 0 aliphatic carbocycles. The Hall–Kier alpha value is -1.30. The van der Waals surface area contributed by atoms with Crippen LogP contribution in [0.5, 0.6) is 0 Å². The first-order chi connectivity index (χ1) is 8.06. The van der Waals surface area contributed by atoms with Crippen LogP contribution in [-0.4, -0.2) is 0 Å². The number of anilines is 3. The Morgan fingerprint density at radius 2 is 1.94 bits per heavy atom. The lowest BCUT2D eigenvalue weighted by Gasteiger charge is -2.10. The van der Waals surface area contributed by atoms with Gasteiger partial charge < -0.3 is 11.1 Å². The van der Waals surface area contributed by atoms with Crippen LogP contribution in [0.4, 0.5) is 21.5 Å². The molecule has 2 nitrogen and oxygen atoms in total. The number of halogens is 2. The maximum Gasteiger partial charge on any atom is 0.128 e. The van der Waals surface area contributed by atoms with E-state index in [0.29, 0.717) is 5.56 Å². The van der Waals surface area contributed by atoms with Gasteiger partial charge in [-0.2, -0.15) is 0 Å². The Kier molecular flexibility index (Phi) is 3.51. The monoisotopic (exact) mass is 342 g/mol. The molecule has 0 spiro atoms. The molecule has 0 heterocycles. The smallest absolute Gasteiger partial charge is 0.128 e. The molecule has 2 rings (SSSR count). The fourth-order valence-corrected chi connectivity index (χ4v) is 2.13. The minimum absolute atomic E-state index is 0.208. The fraction of sp³-hybridized carbons (Fsp3) is 0.0769. The van der Waals surface area contributed by atoms with Crippen LogP contribution >= 0.6 is 22.6 Å². The van der Waals surface area contributed by atoms with Crippen LogP contribution in [0.1, 0.15) is 5.56 Å². The maximum atomic E-state index is 13.4. The van der Waals surface area contributed by atoms with E-state index < -0.39 is 0 Å². The number of benzene rings is 2. The molecule has 0 radical (unpaired) electrons. The molecule has 4 heteroatoms. The molecule has 88 valence electrons. The summed E-state index contributed by atoms with van der Waals surface area (Å²) >= 11 is 2.19. The number of nitrogen functional groups attached to an aromatic ring is 1. The SMILES string of the molecule is Cc1ccc(Nc2ccc(N)cc2I)cc1F. The molecule has 0 aromatic heterocycles. The molecule has 0 aliphatic rings. The normalized spacial score (nSPS) is 10.3. The highest BCUT2D eigenvalue weighted by molar-refractivity contribution is 14.1. The number of hydrogen-bond acceptors (Lipinski definition) is 2. The Morgan fingerprint density at radius 3 is 2.59 bits per heavy atom. The molecule has 17 heavy (non-hydrogen) atoms. The van der Waals surface area contributed by atoms with Gasteiger partial charge in [-0.3, -0.25) is 0 Å². The first-order valence-electron chi connectivity index (χ1n) is 5.14. The summed E-state index contributed by atoms with van der Waals surface area (Å²) < 4.78 is 14.4.